The molecule has 0 saturated heterocycles. The first kappa shape index (κ1) is 22.6. The fourth-order valence-corrected chi connectivity index (χ4v) is 5.22. The van der Waals surface area contributed by atoms with Gasteiger partial charge in [0.05, 0.1) is 0 Å². The van der Waals surface area contributed by atoms with Crippen molar-refractivity contribution in [2.75, 3.05) is 0 Å². The third kappa shape index (κ3) is 12.0. The molecule has 0 fully saturated rings. The number of halogens is 3. The maximum absolute atomic E-state index is 5.68. The molecule has 24 heavy (non-hydrogen) atoms. The van der Waals surface area contributed by atoms with Crippen LogP contribution in [0, 0.1) is 0 Å². The predicted octanol–water partition coefficient (Wildman–Crippen LogP) is 8.99. The van der Waals surface area contributed by atoms with Crippen LogP contribution in [0.2, 0.25) is 6.04 Å². The van der Waals surface area contributed by atoms with Gasteiger partial charge in [0.1, 0.15) is 0 Å². The van der Waals surface area contributed by atoms with Gasteiger partial charge in [0.25, 0.3) is 0 Å². The Labute approximate surface area is 165 Å². The quantitative estimate of drug-likeness (QED) is 0.233. The molecule has 0 bridgehead atoms. The molecule has 2 aliphatic carbocycles. The van der Waals surface area contributed by atoms with E-state index in [9.17, 15) is 0 Å². The zero-order chi connectivity index (χ0) is 17.7. The van der Waals surface area contributed by atoms with Gasteiger partial charge in [-0.1, -0.05) is 57.6 Å². The lowest BCUT2D eigenvalue weighted by atomic mass is 9.97. The SMILES string of the molecule is C1=C(C2=CCCCCC2)CCCCC1.CCCCCC[Si](Cl)(Cl)Cl. The molecule has 0 aromatic carbocycles. The molecular formula is C20H35Cl3Si. The molecule has 0 radical (unpaired) electrons. The van der Waals surface area contributed by atoms with Crippen LogP contribution in [-0.2, 0) is 0 Å². The minimum Gasteiger partial charge on any atom is -0.126 e. The summed E-state index contributed by atoms with van der Waals surface area (Å²) in [5.41, 5.74) is 3.40. The number of hydrogen-bond donors (Lipinski definition) is 0. The Bertz CT molecular complexity index is 357. The van der Waals surface area contributed by atoms with Gasteiger partial charge in [-0.25, -0.2) is 0 Å². The highest BCUT2D eigenvalue weighted by Crippen LogP contribution is 2.29. The average Bonchev–Trinajstić information content (AvgIpc) is 2.95. The Morgan fingerprint density at radius 1 is 0.750 bits per heavy atom. The third-order valence-corrected chi connectivity index (χ3v) is 7.43. The Morgan fingerprint density at radius 2 is 1.29 bits per heavy atom. The molecule has 0 N–H and O–H groups in total. The molecule has 0 aromatic heterocycles. The minimum absolute atomic E-state index is 0.817. The van der Waals surface area contributed by atoms with Gasteiger partial charge in [-0.2, -0.15) is 0 Å². The van der Waals surface area contributed by atoms with E-state index in [0.717, 1.165) is 12.5 Å². The molecule has 2 aliphatic rings. The van der Waals surface area contributed by atoms with E-state index in [1.54, 1.807) is 11.1 Å². The van der Waals surface area contributed by atoms with Crippen LogP contribution in [0.3, 0.4) is 0 Å². The van der Waals surface area contributed by atoms with Gasteiger partial charge >= 0.3 is 6.00 Å². The first-order chi connectivity index (χ1) is 11.5. The van der Waals surface area contributed by atoms with Crippen molar-refractivity contribution in [3.05, 3.63) is 23.3 Å². The largest absolute Gasteiger partial charge is 0.341 e. The van der Waals surface area contributed by atoms with Crippen LogP contribution in [0.5, 0.6) is 0 Å². The van der Waals surface area contributed by atoms with Crippen molar-refractivity contribution >= 4 is 39.2 Å². The van der Waals surface area contributed by atoms with Crippen molar-refractivity contribution in [3.63, 3.8) is 0 Å². The van der Waals surface area contributed by atoms with Gasteiger partial charge in [-0.15, -0.1) is 33.2 Å². The second kappa shape index (κ2) is 13.7. The fourth-order valence-electron chi connectivity index (χ4n) is 3.37. The second-order valence-corrected chi connectivity index (χ2v) is 16.4. The number of rotatable bonds is 6. The third-order valence-electron chi connectivity index (χ3n) is 4.81. The maximum Gasteiger partial charge on any atom is 0.341 e. The summed E-state index contributed by atoms with van der Waals surface area (Å²) >= 11 is 17.0. The van der Waals surface area contributed by atoms with E-state index in [0.29, 0.717) is 0 Å². The van der Waals surface area contributed by atoms with E-state index in [-0.39, 0.29) is 0 Å². The highest BCUT2D eigenvalue weighted by Gasteiger charge is 2.23. The van der Waals surface area contributed by atoms with Crippen molar-refractivity contribution in [1.82, 2.24) is 0 Å². The Kier molecular flexibility index (Phi) is 12.9. The van der Waals surface area contributed by atoms with E-state index in [1.807, 2.05) is 0 Å². The number of allylic oxidation sites excluding steroid dienone is 4. The van der Waals surface area contributed by atoms with Crippen molar-refractivity contribution < 1.29 is 0 Å². The molecule has 2 rings (SSSR count). The van der Waals surface area contributed by atoms with Crippen LogP contribution in [-0.4, -0.2) is 6.00 Å². The molecule has 0 saturated carbocycles. The van der Waals surface area contributed by atoms with Crippen LogP contribution in [0.1, 0.15) is 96.8 Å². The first-order valence-electron chi connectivity index (χ1n) is 9.98. The van der Waals surface area contributed by atoms with E-state index in [1.165, 1.54) is 83.5 Å². The van der Waals surface area contributed by atoms with E-state index >= 15 is 0 Å². The lowest BCUT2D eigenvalue weighted by molar-refractivity contribution is 0.699. The zero-order valence-electron chi connectivity index (χ0n) is 15.4. The van der Waals surface area contributed by atoms with Crippen LogP contribution in [0.4, 0.5) is 0 Å². The maximum atomic E-state index is 5.68. The summed E-state index contributed by atoms with van der Waals surface area (Å²) in [6.07, 6.45) is 23.7. The summed E-state index contributed by atoms with van der Waals surface area (Å²) in [5, 5.41) is 0. The molecule has 0 nitrogen and oxygen atoms in total. The van der Waals surface area contributed by atoms with Crippen LogP contribution in [0.15, 0.2) is 23.3 Å². The van der Waals surface area contributed by atoms with Crippen molar-refractivity contribution in [2.45, 2.75) is 103 Å². The van der Waals surface area contributed by atoms with Crippen molar-refractivity contribution in [3.8, 4) is 0 Å². The van der Waals surface area contributed by atoms with Gasteiger partial charge < -0.3 is 0 Å². The molecule has 0 amide bonds. The summed E-state index contributed by atoms with van der Waals surface area (Å²) in [6.45, 7) is 2.17. The minimum atomic E-state index is -2.29. The van der Waals surface area contributed by atoms with Gasteiger partial charge in [0.15, 0.2) is 0 Å². The Morgan fingerprint density at radius 3 is 1.75 bits per heavy atom. The summed E-state index contributed by atoms with van der Waals surface area (Å²) in [4.78, 5) is 0. The smallest absolute Gasteiger partial charge is 0.126 e. The Balaban J connectivity index is 0.000000257. The van der Waals surface area contributed by atoms with Crippen LogP contribution < -0.4 is 0 Å². The summed E-state index contributed by atoms with van der Waals surface area (Å²) in [6, 6.07) is -1.47. The Hall–Kier alpha value is 0.567. The lowest BCUT2D eigenvalue weighted by Gasteiger charge is -2.09. The molecule has 0 aliphatic heterocycles. The van der Waals surface area contributed by atoms with Gasteiger partial charge in [-0.05, 0) is 68.6 Å². The standard InChI is InChI=1S/C14H22.C6H13Cl3Si/c1-2-6-10-13(9-5-1)14-11-7-3-4-8-12-14;1-2-3-4-5-6-10(7,8)9/h9,11H,1-8,10,12H2;2-6H2,1H3. The molecule has 0 heterocycles. The monoisotopic (exact) mass is 408 g/mol. The number of unbranched alkanes of at least 4 members (excludes halogenated alkanes) is 3. The number of hydrogen-bond acceptors (Lipinski definition) is 0. The summed E-state index contributed by atoms with van der Waals surface area (Å²) in [5.74, 6) is 0. The van der Waals surface area contributed by atoms with E-state index in [2.05, 4.69) is 19.1 Å². The molecule has 0 spiro atoms. The highest BCUT2D eigenvalue weighted by atomic mass is 35.8. The van der Waals surface area contributed by atoms with Crippen LogP contribution >= 0.6 is 33.2 Å². The van der Waals surface area contributed by atoms with Gasteiger partial charge in [-0.3, -0.25) is 0 Å². The molecule has 4 heteroatoms. The summed E-state index contributed by atoms with van der Waals surface area (Å²) in [7, 11) is 0. The van der Waals surface area contributed by atoms with Crippen molar-refractivity contribution in [1.29, 1.82) is 0 Å². The average molecular weight is 410 g/mol. The zero-order valence-corrected chi connectivity index (χ0v) is 18.7. The van der Waals surface area contributed by atoms with E-state index < -0.39 is 6.00 Å². The normalized spacial score (nSPS) is 19.3. The van der Waals surface area contributed by atoms with Crippen LogP contribution in [0.25, 0.3) is 0 Å². The molecular weight excluding hydrogens is 375 g/mol. The lowest BCUT2D eigenvalue weighted by Crippen LogP contribution is -2.07. The second-order valence-electron chi connectivity index (χ2n) is 7.08. The van der Waals surface area contributed by atoms with E-state index in [4.69, 9.17) is 33.2 Å². The summed E-state index contributed by atoms with van der Waals surface area (Å²) < 4.78 is 0. The predicted molar refractivity (Wildman–Crippen MR) is 115 cm³/mol. The molecule has 140 valence electrons. The fraction of sp³-hybridized carbons (Fsp3) is 0.800. The first-order valence-corrected chi connectivity index (χ1v) is 15.2. The topological polar surface area (TPSA) is 0 Å². The highest BCUT2D eigenvalue weighted by molar-refractivity contribution is 7.64. The molecule has 0 unspecified atom stereocenters. The van der Waals surface area contributed by atoms with Gasteiger partial charge in [0.2, 0.25) is 0 Å². The molecule has 0 atom stereocenters. The van der Waals surface area contributed by atoms with Crippen molar-refractivity contribution in [2.24, 2.45) is 0 Å². The molecule has 0 aromatic rings. The van der Waals surface area contributed by atoms with Gasteiger partial charge in [0, 0.05) is 0 Å².